The summed E-state index contributed by atoms with van der Waals surface area (Å²) in [5, 5.41) is 30.2. The van der Waals surface area contributed by atoms with Crippen molar-refractivity contribution in [3.05, 3.63) is 78.0 Å². The number of carboxylic acids is 2. The summed E-state index contributed by atoms with van der Waals surface area (Å²) in [6, 6.07) is 16.7. The van der Waals surface area contributed by atoms with Crippen molar-refractivity contribution in [3.63, 3.8) is 0 Å². The third-order valence-corrected chi connectivity index (χ3v) is 5.16. The Morgan fingerprint density at radius 3 is 2.40 bits per heavy atom. The molecule has 0 spiro atoms. The topological polar surface area (TPSA) is 132 Å². The van der Waals surface area contributed by atoms with Crippen LogP contribution in [0.2, 0.25) is 0 Å². The van der Waals surface area contributed by atoms with Crippen LogP contribution in [-0.2, 0) is 22.4 Å². The number of rotatable bonds is 13. The molecule has 1 heterocycles. The summed E-state index contributed by atoms with van der Waals surface area (Å²) in [7, 11) is 0. The number of aromatic amines is 1. The van der Waals surface area contributed by atoms with Crippen LogP contribution in [0, 0.1) is 0 Å². The van der Waals surface area contributed by atoms with Gasteiger partial charge in [-0.3, -0.25) is 0 Å². The van der Waals surface area contributed by atoms with Crippen LogP contribution >= 0.6 is 0 Å². The zero-order chi connectivity index (χ0) is 25.5. The van der Waals surface area contributed by atoms with Crippen molar-refractivity contribution in [1.82, 2.24) is 10.3 Å². The summed E-state index contributed by atoms with van der Waals surface area (Å²) >= 11 is 0. The van der Waals surface area contributed by atoms with E-state index < -0.39 is 18.0 Å². The van der Waals surface area contributed by atoms with Gasteiger partial charge in [-0.05, 0) is 61.6 Å². The highest BCUT2D eigenvalue weighted by Gasteiger charge is 2.08. The largest absolute Gasteiger partial charge is 0.491 e. The molecule has 8 heteroatoms. The number of benzene rings is 2. The second kappa shape index (κ2) is 15.3. The van der Waals surface area contributed by atoms with E-state index in [-0.39, 0.29) is 0 Å². The molecule has 188 valence electrons. The van der Waals surface area contributed by atoms with Gasteiger partial charge in [0.1, 0.15) is 18.5 Å². The first-order chi connectivity index (χ1) is 16.9. The maximum absolute atomic E-state index is 10.0. The lowest BCUT2D eigenvalue weighted by Crippen LogP contribution is -2.31. The molecule has 0 fully saturated rings. The van der Waals surface area contributed by atoms with Crippen LogP contribution in [0.25, 0.3) is 10.9 Å². The smallest absolute Gasteiger partial charge is 0.328 e. The molecule has 0 saturated carbocycles. The van der Waals surface area contributed by atoms with Gasteiger partial charge in [-0.1, -0.05) is 37.3 Å². The number of fused-ring (bicyclic) bond motifs is 1. The Labute approximate surface area is 205 Å². The maximum atomic E-state index is 10.0. The van der Waals surface area contributed by atoms with Crippen LogP contribution in [0.5, 0.6) is 5.75 Å². The number of H-pyrrole nitrogens is 1. The molecule has 0 aliphatic heterocycles. The average Bonchev–Trinajstić information content (AvgIpc) is 3.33. The van der Waals surface area contributed by atoms with Gasteiger partial charge in [0.25, 0.3) is 0 Å². The molecule has 0 aliphatic carbocycles. The highest BCUT2D eigenvalue weighted by atomic mass is 16.5. The van der Waals surface area contributed by atoms with Crippen LogP contribution in [-0.4, -0.2) is 58.0 Å². The molecule has 3 rings (SSSR count). The van der Waals surface area contributed by atoms with Crippen molar-refractivity contribution in [2.45, 2.75) is 38.7 Å². The van der Waals surface area contributed by atoms with Crippen LogP contribution in [0.4, 0.5) is 0 Å². The van der Waals surface area contributed by atoms with Crippen molar-refractivity contribution in [1.29, 1.82) is 0 Å². The van der Waals surface area contributed by atoms with Gasteiger partial charge in [-0.15, -0.1) is 0 Å². The summed E-state index contributed by atoms with van der Waals surface area (Å²) in [6.45, 7) is 3.91. The molecule has 0 aliphatic rings. The Kier molecular flexibility index (Phi) is 12.1. The number of ether oxygens (including phenoxy) is 1. The number of nitrogens with one attached hydrogen (secondary N) is 2. The molecule has 0 bridgehead atoms. The van der Waals surface area contributed by atoms with Crippen molar-refractivity contribution < 1.29 is 29.6 Å². The zero-order valence-corrected chi connectivity index (χ0v) is 19.9. The molecular formula is C27H34N2O6. The minimum atomic E-state index is -1.26. The number of aliphatic carboxylic acids is 2. The molecule has 0 radical (unpaired) electrons. The highest BCUT2D eigenvalue weighted by molar-refractivity contribution is 5.89. The molecule has 8 nitrogen and oxygen atoms in total. The van der Waals surface area contributed by atoms with E-state index in [1.54, 1.807) is 0 Å². The Balaban J connectivity index is 0.000000466. The van der Waals surface area contributed by atoms with Gasteiger partial charge in [0, 0.05) is 35.8 Å². The monoisotopic (exact) mass is 482 g/mol. The molecule has 0 amide bonds. The number of aromatic nitrogens is 1. The SMILES string of the molecule is CCCNCC(O)COc1ccccc1CCCc1cccc2[nH]ccc12.O=C(O)C=CC(=O)O. The number of aliphatic hydroxyl groups excluding tert-OH is 1. The summed E-state index contributed by atoms with van der Waals surface area (Å²) in [5.41, 5.74) is 3.78. The van der Waals surface area contributed by atoms with Gasteiger partial charge in [0.05, 0.1) is 0 Å². The van der Waals surface area contributed by atoms with Crippen LogP contribution in [0.1, 0.15) is 30.9 Å². The summed E-state index contributed by atoms with van der Waals surface area (Å²) < 4.78 is 5.90. The third kappa shape index (κ3) is 10.5. The van der Waals surface area contributed by atoms with E-state index in [1.807, 2.05) is 24.4 Å². The van der Waals surface area contributed by atoms with Gasteiger partial charge in [0.2, 0.25) is 0 Å². The lowest BCUT2D eigenvalue weighted by atomic mass is 10.0. The quantitative estimate of drug-likeness (QED) is 0.185. The normalized spacial score (nSPS) is 11.7. The van der Waals surface area contributed by atoms with Crippen LogP contribution in [0.15, 0.2) is 66.9 Å². The second-order valence-corrected chi connectivity index (χ2v) is 8.00. The number of hydrogen-bond acceptors (Lipinski definition) is 5. The molecule has 3 aromatic rings. The van der Waals surface area contributed by atoms with Crippen molar-refractivity contribution in [2.75, 3.05) is 19.7 Å². The molecular weight excluding hydrogens is 448 g/mol. The molecule has 1 aromatic heterocycles. The highest BCUT2D eigenvalue weighted by Crippen LogP contribution is 2.23. The standard InChI is InChI=1S/C23H30N2O2.C4H4O4/c1-2-14-24-16-20(26)17-27-23-12-4-3-7-19(23)10-5-8-18-9-6-11-22-21(18)13-15-25-22;5-3(6)1-2-4(7)8/h3-4,6-7,9,11-13,15,20,24-26H,2,5,8,10,14,16-17H2,1H3;1-2H,(H,5,6)(H,7,8). The first-order valence-electron chi connectivity index (χ1n) is 11.7. The van der Waals surface area contributed by atoms with Crippen molar-refractivity contribution >= 4 is 22.8 Å². The minimum Gasteiger partial charge on any atom is -0.491 e. The molecule has 2 aromatic carbocycles. The minimum absolute atomic E-state index is 0.316. The zero-order valence-electron chi connectivity index (χ0n) is 19.9. The predicted octanol–water partition coefficient (Wildman–Crippen LogP) is 3.79. The van der Waals surface area contributed by atoms with E-state index in [9.17, 15) is 14.7 Å². The lowest BCUT2D eigenvalue weighted by Gasteiger charge is -2.15. The number of aliphatic hydroxyl groups is 1. The predicted molar refractivity (Wildman–Crippen MR) is 136 cm³/mol. The second-order valence-electron chi connectivity index (χ2n) is 8.00. The van der Waals surface area contributed by atoms with E-state index in [1.165, 1.54) is 22.0 Å². The summed E-state index contributed by atoms with van der Waals surface area (Å²) in [5.74, 6) is -1.63. The number of para-hydroxylation sites is 1. The maximum Gasteiger partial charge on any atom is 0.328 e. The Hall–Kier alpha value is -3.62. The Morgan fingerprint density at radius 2 is 1.69 bits per heavy atom. The van der Waals surface area contributed by atoms with Crippen LogP contribution < -0.4 is 10.1 Å². The van der Waals surface area contributed by atoms with E-state index >= 15 is 0 Å². The van der Waals surface area contributed by atoms with Crippen molar-refractivity contribution in [2.24, 2.45) is 0 Å². The van der Waals surface area contributed by atoms with E-state index in [4.69, 9.17) is 14.9 Å². The van der Waals surface area contributed by atoms with Gasteiger partial charge in [0.15, 0.2) is 0 Å². The molecule has 35 heavy (non-hydrogen) atoms. The molecule has 1 atom stereocenters. The van der Waals surface area contributed by atoms with Gasteiger partial charge in [-0.25, -0.2) is 9.59 Å². The number of carboxylic acid groups (broad SMARTS) is 2. The number of aryl methyl sites for hydroxylation is 2. The fourth-order valence-electron chi connectivity index (χ4n) is 3.52. The van der Waals surface area contributed by atoms with E-state index in [0.717, 1.165) is 38.0 Å². The van der Waals surface area contributed by atoms with Gasteiger partial charge >= 0.3 is 11.9 Å². The van der Waals surface area contributed by atoms with Crippen LogP contribution in [0.3, 0.4) is 0 Å². The number of carbonyl (C=O) groups is 2. The average molecular weight is 483 g/mol. The first-order valence-corrected chi connectivity index (χ1v) is 11.7. The Morgan fingerprint density at radius 1 is 1.00 bits per heavy atom. The Bertz CT molecular complexity index is 1080. The lowest BCUT2D eigenvalue weighted by molar-refractivity contribution is -0.134. The van der Waals surface area contributed by atoms with Crippen molar-refractivity contribution in [3.8, 4) is 5.75 Å². The van der Waals surface area contributed by atoms with E-state index in [2.05, 4.69) is 47.6 Å². The fourth-order valence-corrected chi connectivity index (χ4v) is 3.52. The number of hydrogen-bond donors (Lipinski definition) is 5. The molecule has 1 unspecified atom stereocenters. The third-order valence-electron chi connectivity index (χ3n) is 5.16. The summed E-state index contributed by atoms with van der Waals surface area (Å²) in [4.78, 5) is 22.4. The fraction of sp³-hybridized carbons (Fsp3) is 0.333. The summed E-state index contributed by atoms with van der Waals surface area (Å²) in [6.07, 6.45) is 6.74. The van der Waals surface area contributed by atoms with E-state index in [0.29, 0.717) is 25.3 Å². The molecule has 5 N–H and O–H groups in total. The van der Waals surface area contributed by atoms with Gasteiger partial charge < -0.3 is 30.4 Å². The molecule has 0 saturated heterocycles. The first kappa shape index (κ1) is 27.6. The van der Waals surface area contributed by atoms with Gasteiger partial charge in [-0.2, -0.15) is 0 Å².